The fraction of sp³-hybridized carbons (Fsp3) is 0.526. The van der Waals surface area contributed by atoms with Crippen LogP contribution in [0, 0.1) is 6.92 Å². The van der Waals surface area contributed by atoms with Gasteiger partial charge in [0.1, 0.15) is 5.52 Å². The summed E-state index contributed by atoms with van der Waals surface area (Å²) in [5.74, 6) is 0.217. The Bertz CT molecular complexity index is 641. The van der Waals surface area contributed by atoms with Crippen LogP contribution < -0.4 is 0 Å². The van der Waals surface area contributed by atoms with Gasteiger partial charge in [-0.3, -0.25) is 4.90 Å². The molecule has 1 saturated heterocycles. The number of phenolic OH excluding ortho intramolecular Hbond substituents is 1. The molecule has 1 aliphatic rings. The molecule has 24 heavy (non-hydrogen) atoms. The van der Waals surface area contributed by atoms with Crippen molar-refractivity contribution in [3.63, 3.8) is 0 Å². The first-order valence-electron chi connectivity index (χ1n) is 8.73. The number of hydrogen-bond acceptors (Lipinski definition) is 4. The standard InChI is InChI=1S/C15H17BrN2O2.2C2H6/c1-10-2-3-12-11(9-18-4-6-20-7-5-18)8-13(16)15(19)14(12)17-10;2*1-2/h2-3,8,19H,4-7,9H2,1H3;2*1-2H3. The molecular weight excluding hydrogens is 368 g/mol. The molecule has 1 N–H and O–H groups in total. The van der Waals surface area contributed by atoms with E-state index in [1.54, 1.807) is 0 Å². The first-order valence-corrected chi connectivity index (χ1v) is 9.52. The highest BCUT2D eigenvalue weighted by atomic mass is 79.9. The summed E-state index contributed by atoms with van der Waals surface area (Å²) < 4.78 is 6.08. The second-order valence-corrected chi connectivity index (χ2v) is 5.96. The van der Waals surface area contributed by atoms with Crippen molar-refractivity contribution in [3.8, 4) is 5.75 Å². The van der Waals surface area contributed by atoms with Gasteiger partial charge in [0.05, 0.1) is 17.7 Å². The van der Waals surface area contributed by atoms with E-state index in [2.05, 4.69) is 25.8 Å². The maximum absolute atomic E-state index is 10.2. The van der Waals surface area contributed by atoms with Crippen LogP contribution in [0.15, 0.2) is 22.7 Å². The number of benzene rings is 1. The molecule has 2 heterocycles. The predicted molar refractivity (Wildman–Crippen MR) is 105 cm³/mol. The minimum absolute atomic E-state index is 0.217. The zero-order valence-electron chi connectivity index (χ0n) is 15.4. The van der Waals surface area contributed by atoms with Gasteiger partial charge in [0.15, 0.2) is 5.75 Å². The Balaban J connectivity index is 0.000000671. The maximum atomic E-state index is 10.2. The lowest BCUT2D eigenvalue weighted by Crippen LogP contribution is -2.35. The number of aromatic nitrogens is 1. The van der Waals surface area contributed by atoms with Crippen molar-refractivity contribution in [2.24, 2.45) is 0 Å². The van der Waals surface area contributed by atoms with Gasteiger partial charge in [-0.15, -0.1) is 0 Å². The number of nitrogens with zero attached hydrogens (tertiary/aromatic N) is 2. The third-order valence-electron chi connectivity index (χ3n) is 3.63. The average Bonchev–Trinajstić information content (AvgIpc) is 2.64. The largest absolute Gasteiger partial charge is 0.505 e. The number of halogens is 1. The normalized spacial score (nSPS) is 14.4. The van der Waals surface area contributed by atoms with E-state index in [0.29, 0.717) is 9.99 Å². The molecule has 3 rings (SSSR count). The Morgan fingerprint density at radius 2 is 1.79 bits per heavy atom. The molecule has 1 fully saturated rings. The summed E-state index contributed by atoms with van der Waals surface area (Å²) in [5.41, 5.74) is 2.75. The molecule has 0 atom stereocenters. The van der Waals surface area contributed by atoms with Crippen LogP contribution in [0.3, 0.4) is 0 Å². The second kappa shape index (κ2) is 10.6. The van der Waals surface area contributed by atoms with E-state index in [1.807, 2.05) is 52.8 Å². The summed E-state index contributed by atoms with van der Waals surface area (Å²) in [6.07, 6.45) is 0. The topological polar surface area (TPSA) is 45.6 Å². The van der Waals surface area contributed by atoms with Crippen molar-refractivity contribution in [2.75, 3.05) is 26.3 Å². The van der Waals surface area contributed by atoms with Gasteiger partial charge < -0.3 is 9.84 Å². The Kier molecular flexibility index (Phi) is 9.26. The van der Waals surface area contributed by atoms with Gasteiger partial charge in [0.25, 0.3) is 0 Å². The van der Waals surface area contributed by atoms with Crippen molar-refractivity contribution in [2.45, 2.75) is 41.2 Å². The second-order valence-electron chi connectivity index (χ2n) is 5.10. The van der Waals surface area contributed by atoms with Crippen molar-refractivity contribution >= 4 is 26.8 Å². The van der Waals surface area contributed by atoms with Crippen molar-refractivity contribution in [3.05, 3.63) is 33.9 Å². The van der Waals surface area contributed by atoms with Gasteiger partial charge >= 0.3 is 0 Å². The van der Waals surface area contributed by atoms with Crippen LogP contribution in [-0.2, 0) is 11.3 Å². The fourth-order valence-electron chi connectivity index (χ4n) is 2.54. The van der Waals surface area contributed by atoms with E-state index in [9.17, 15) is 5.11 Å². The number of fused-ring (bicyclic) bond motifs is 1. The molecule has 4 nitrogen and oxygen atoms in total. The van der Waals surface area contributed by atoms with Crippen molar-refractivity contribution in [1.29, 1.82) is 0 Å². The summed E-state index contributed by atoms with van der Waals surface area (Å²) >= 11 is 3.42. The monoisotopic (exact) mass is 396 g/mol. The van der Waals surface area contributed by atoms with Crippen LogP contribution in [0.4, 0.5) is 0 Å². The Morgan fingerprint density at radius 3 is 2.42 bits per heavy atom. The lowest BCUT2D eigenvalue weighted by atomic mass is 10.1. The molecule has 0 amide bonds. The fourth-order valence-corrected chi connectivity index (χ4v) is 3.00. The molecule has 0 aliphatic carbocycles. The summed E-state index contributed by atoms with van der Waals surface area (Å²) in [6, 6.07) is 6.02. The molecular formula is C19H29BrN2O2. The van der Waals surface area contributed by atoms with Crippen molar-refractivity contribution < 1.29 is 9.84 Å². The average molecular weight is 397 g/mol. The van der Waals surface area contributed by atoms with Crippen LogP contribution in [0.2, 0.25) is 0 Å². The first kappa shape index (κ1) is 20.9. The summed E-state index contributed by atoms with van der Waals surface area (Å²) in [6.45, 7) is 14.2. The number of aromatic hydroxyl groups is 1. The van der Waals surface area contributed by atoms with Gasteiger partial charge in [-0.2, -0.15) is 0 Å². The van der Waals surface area contributed by atoms with E-state index in [-0.39, 0.29) is 5.75 Å². The lowest BCUT2D eigenvalue weighted by molar-refractivity contribution is 0.0343. The lowest BCUT2D eigenvalue weighted by Gasteiger charge is -2.27. The highest BCUT2D eigenvalue weighted by molar-refractivity contribution is 9.10. The molecule has 0 unspecified atom stereocenters. The SMILES string of the molecule is CC.CC.Cc1ccc2c(CN3CCOCC3)cc(Br)c(O)c2n1. The van der Waals surface area contributed by atoms with Gasteiger partial charge in [-0.05, 0) is 40.5 Å². The molecule has 1 aromatic carbocycles. The number of aryl methyl sites for hydroxylation is 1. The summed E-state index contributed by atoms with van der Waals surface area (Å²) in [7, 11) is 0. The smallest absolute Gasteiger partial charge is 0.156 e. The van der Waals surface area contributed by atoms with E-state index in [4.69, 9.17) is 4.74 Å². The number of morpholine rings is 1. The highest BCUT2D eigenvalue weighted by Gasteiger charge is 2.16. The molecule has 1 aliphatic heterocycles. The van der Waals surface area contributed by atoms with Gasteiger partial charge in [-0.25, -0.2) is 4.98 Å². The number of rotatable bonds is 2. The Hall–Kier alpha value is -1.17. The van der Waals surface area contributed by atoms with Crippen LogP contribution in [0.5, 0.6) is 5.75 Å². The summed E-state index contributed by atoms with van der Waals surface area (Å²) in [4.78, 5) is 6.83. The van der Waals surface area contributed by atoms with E-state index < -0.39 is 0 Å². The minimum Gasteiger partial charge on any atom is -0.505 e. The molecule has 0 saturated carbocycles. The molecule has 0 radical (unpaired) electrons. The molecule has 0 spiro atoms. The molecule has 134 valence electrons. The van der Waals surface area contributed by atoms with Crippen LogP contribution in [-0.4, -0.2) is 41.3 Å². The molecule has 2 aromatic rings. The van der Waals surface area contributed by atoms with E-state index >= 15 is 0 Å². The molecule has 1 aromatic heterocycles. The van der Waals surface area contributed by atoms with E-state index in [0.717, 1.165) is 43.9 Å². The van der Waals surface area contributed by atoms with Crippen LogP contribution in [0.25, 0.3) is 10.9 Å². The third-order valence-corrected chi connectivity index (χ3v) is 4.23. The number of phenols is 1. The van der Waals surface area contributed by atoms with Gasteiger partial charge in [-0.1, -0.05) is 33.8 Å². The Morgan fingerprint density at radius 1 is 1.17 bits per heavy atom. The van der Waals surface area contributed by atoms with Crippen LogP contribution >= 0.6 is 15.9 Å². The number of hydrogen-bond donors (Lipinski definition) is 1. The van der Waals surface area contributed by atoms with E-state index in [1.165, 1.54) is 5.56 Å². The van der Waals surface area contributed by atoms with Gasteiger partial charge in [0, 0.05) is 30.7 Å². The van der Waals surface area contributed by atoms with Crippen molar-refractivity contribution in [1.82, 2.24) is 9.88 Å². The molecule has 5 heteroatoms. The Labute approximate surface area is 154 Å². The number of pyridine rings is 1. The number of ether oxygens (including phenoxy) is 1. The zero-order valence-corrected chi connectivity index (χ0v) is 17.0. The predicted octanol–water partition coefficient (Wildman–Crippen LogP) is 4.90. The highest BCUT2D eigenvalue weighted by Crippen LogP contribution is 2.34. The van der Waals surface area contributed by atoms with Crippen LogP contribution in [0.1, 0.15) is 39.0 Å². The minimum atomic E-state index is 0.217. The van der Waals surface area contributed by atoms with Gasteiger partial charge in [0.2, 0.25) is 0 Å². The molecule has 0 bridgehead atoms. The quantitative estimate of drug-likeness (QED) is 0.783. The third kappa shape index (κ3) is 5.16. The first-order chi connectivity index (χ1) is 11.6. The summed E-state index contributed by atoms with van der Waals surface area (Å²) in [5, 5.41) is 11.2. The maximum Gasteiger partial charge on any atom is 0.156 e. The zero-order chi connectivity index (χ0) is 18.1.